The van der Waals surface area contributed by atoms with Crippen molar-refractivity contribution in [2.24, 2.45) is 36.5 Å². The Balaban J connectivity index is 0.734. The highest BCUT2D eigenvalue weighted by atomic mass is 19.1. The number of primary amides is 1. The first-order valence-corrected chi connectivity index (χ1v) is 26.9. The molecule has 4 amide bonds. The van der Waals surface area contributed by atoms with Crippen LogP contribution in [0, 0.1) is 35.3 Å². The van der Waals surface area contributed by atoms with E-state index in [2.05, 4.69) is 25.5 Å². The van der Waals surface area contributed by atoms with Crippen molar-refractivity contribution in [3.05, 3.63) is 105 Å². The molecule has 10 rings (SSSR count). The smallest absolute Gasteiger partial charge is 0.329 e. The van der Waals surface area contributed by atoms with Gasteiger partial charge < -0.3 is 35.6 Å². The first kappa shape index (κ1) is 52.6. The van der Waals surface area contributed by atoms with Crippen molar-refractivity contribution in [1.82, 2.24) is 30.2 Å². The van der Waals surface area contributed by atoms with Gasteiger partial charge in [0.15, 0.2) is 23.0 Å². The fraction of sp³-hybridized carbons (Fsp3) is 0.544. The quantitative estimate of drug-likeness (QED) is 0.0799. The Hall–Kier alpha value is -5.79. The van der Waals surface area contributed by atoms with Crippen LogP contribution in [0.5, 0.6) is 5.75 Å². The molecule has 75 heavy (non-hydrogen) atoms. The molecule has 6 aliphatic rings. The summed E-state index contributed by atoms with van der Waals surface area (Å²) in [6.45, 7) is 9.85. The molecule has 4 aromatic rings. The lowest BCUT2D eigenvalue weighted by molar-refractivity contribution is -0.120. The lowest BCUT2D eigenvalue weighted by Gasteiger charge is -2.42. The Morgan fingerprint density at radius 3 is 2.39 bits per heavy atom. The van der Waals surface area contributed by atoms with Gasteiger partial charge in [-0.2, -0.15) is 5.10 Å². The fourth-order valence-electron chi connectivity index (χ4n) is 13.2. The highest BCUT2D eigenvalue weighted by Gasteiger charge is 2.54. The van der Waals surface area contributed by atoms with Gasteiger partial charge in [0.2, 0.25) is 11.8 Å². The Morgan fingerprint density at radius 1 is 0.987 bits per heavy atom. The van der Waals surface area contributed by atoms with E-state index in [9.17, 15) is 24.6 Å². The lowest BCUT2D eigenvalue weighted by atomic mass is 9.71. The Labute approximate surface area is 436 Å². The number of aliphatic hydroxyl groups is 2. The Kier molecular flexibility index (Phi) is 15.2. The van der Waals surface area contributed by atoms with E-state index in [0.717, 1.165) is 95.2 Å². The van der Waals surface area contributed by atoms with Crippen molar-refractivity contribution in [2.45, 2.75) is 109 Å². The Morgan fingerprint density at radius 2 is 1.71 bits per heavy atom. The van der Waals surface area contributed by atoms with Crippen LogP contribution in [-0.2, 0) is 22.2 Å². The molecule has 5 unspecified atom stereocenters. The number of rotatable bonds is 15. The first-order valence-electron chi connectivity index (χ1n) is 26.9. The number of nitrogens with one attached hydrogen (secondary N) is 2. The highest BCUT2D eigenvalue weighted by molar-refractivity contribution is 6.09. The molecule has 0 bridgehead atoms. The second-order valence-electron chi connectivity index (χ2n) is 21.9. The van der Waals surface area contributed by atoms with Crippen LogP contribution in [0.3, 0.4) is 0 Å². The van der Waals surface area contributed by atoms with Crippen LogP contribution in [0.25, 0.3) is 16.5 Å². The molecule has 5 heterocycles. The van der Waals surface area contributed by atoms with Gasteiger partial charge in [-0.15, -0.1) is 0 Å². The van der Waals surface area contributed by atoms with E-state index in [4.69, 9.17) is 15.2 Å². The molecule has 6 N–H and O–H groups in total. The van der Waals surface area contributed by atoms with Crippen molar-refractivity contribution >= 4 is 40.1 Å². The number of hydrogen-bond donors (Lipinski definition) is 5. The molecule has 2 aliphatic carbocycles. The second-order valence-corrected chi connectivity index (χ2v) is 21.9. The topological polar surface area (TPSA) is 188 Å². The molecule has 3 saturated heterocycles. The molecular formula is C57H71F3N8O7. The number of imide groups is 1. The number of allylic oxidation sites excluding steroid dienone is 3. The van der Waals surface area contributed by atoms with Crippen molar-refractivity contribution in [3.63, 3.8) is 0 Å². The molecule has 3 aromatic carbocycles. The summed E-state index contributed by atoms with van der Waals surface area (Å²) in [6, 6.07) is 15.4. The number of aromatic nitrogens is 2. The number of anilines is 1. The molecule has 0 radical (unpaired) electrons. The van der Waals surface area contributed by atoms with Gasteiger partial charge in [-0.1, -0.05) is 44.2 Å². The number of piperidine rings is 2. The normalized spacial score (nSPS) is 26.9. The number of fused-ring (bicyclic) bond motifs is 1. The number of carbonyl (C=O) groups excluding carboxylic acids is 3. The van der Waals surface area contributed by atoms with Gasteiger partial charge in [0.25, 0.3) is 0 Å². The molecule has 1 aromatic heterocycles. The molecule has 18 heteroatoms. The van der Waals surface area contributed by atoms with Crippen LogP contribution < -0.4 is 26.0 Å². The molecule has 402 valence electrons. The number of aryl methyl sites for hydroxylation is 1. The zero-order valence-corrected chi connectivity index (χ0v) is 43.4. The maximum atomic E-state index is 16.7. The summed E-state index contributed by atoms with van der Waals surface area (Å²) < 4.78 is 63.3. The third-order valence-corrected chi connectivity index (χ3v) is 17.5. The van der Waals surface area contributed by atoms with Gasteiger partial charge in [-0.05, 0) is 136 Å². The molecule has 4 fully saturated rings. The minimum absolute atomic E-state index is 0.0685. The number of hydrogen-bond acceptors (Lipinski definition) is 11. The molecule has 15 nitrogen and oxygen atoms in total. The summed E-state index contributed by atoms with van der Waals surface area (Å²) in [5.74, 6) is -2.19. The number of likely N-dealkylation sites (tertiary alicyclic amines) is 2. The number of ether oxygens (including phenoxy) is 2. The summed E-state index contributed by atoms with van der Waals surface area (Å²) in [6.07, 6.45) is 5.17. The standard InChI is InChI=1S/C57H71F3N8O7/c1-32-47(49-40(53(61)71)14-15-45(51(49)60)74-27-26-69)48-34(3)57(38-8-6-5-7-9-38,75-52(48)33(2)50(32)59)31-62-39-12-10-37(11-13-39)55(72)67-23-16-35(17-24-67)30-66-21-18-36(19-22-66)41-29-44-42(28-43(41)58)54(64-65(44)4)68-25-20-46(70)63-56(68)73/h5-9,14-15,28-29,33-37,39,50,55,62,69,72H,10-13,16-27,30-31H2,1-4H3,(H2,61,71)(H,63,70,73). The van der Waals surface area contributed by atoms with E-state index in [1.807, 2.05) is 43.3 Å². The molecular weight excluding hydrogens is 966 g/mol. The van der Waals surface area contributed by atoms with Crippen LogP contribution in [0.2, 0.25) is 0 Å². The highest BCUT2D eigenvalue weighted by Crippen LogP contribution is 2.57. The average molecular weight is 1040 g/mol. The predicted molar refractivity (Wildman–Crippen MR) is 278 cm³/mol. The predicted octanol–water partition coefficient (Wildman–Crippen LogP) is 7.40. The average Bonchev–Trinajstić information content (AvgIpc) is 3.90. The summed E-state index contributed by atoms with van der Waals surface area (Å²) in [5.41, 5.74) is 8.04. The van der Waals surface area contributed by atoms with E-state index in [-0.39, 0.29) is 83.8 Å². The van der Waals surface area contributed by atoms with E-state index >= 15 is 13.2 Å². The first-order chi connectivity index (χ1) is 36.1. The summed E-state index contributed by atoms with van der Waals surface area (Å²) >= 11 is 0. The number of aliphatic hydroxyl groups excluding tert-OH is 2. The maximum absolute atomic E-state index is 16.7. The molecule has 4 aliphatic heterocycles. The molecule has 1 saturated carbocycles. The third kappa shape index (κ3) is 9.97. The van der Waals surface area contributed by atoms with Crippen LogP contribution in [0.4, 0.5) is 23.8 Å². The van der Waals surface area contributed by atoms with Gasteiger partial charge >= 0.3 is 6.03 Å². The van der Waals surface area contributed by atoms with Gasteiger partial charge in [0.1, 0.15) is 30.6 Å². The number of alkyl halides is 1. The fourth-order valence-corrected chi connectivity index (χ4v) is 13.2. The van der Waals surface area contributed by atoms with Crippen LogP contribution in [0.1, 0.15) is 112 Å². The molecule has 5 atom stereocenters. The zero-order valence-electron chi connectivity index (χ0n) is 43.4. The van der Waals surface area contributed by atoms with E-state index in [1.54, 1.807) is 25.6 Å². The molecule has 0 spiro atoms. The number of nitrogens with two attached hydrogens (primary N) is 1. The summed E-state index contributed by atoms with van der Waals surface area (Å²) in [4.78, 5) is 43.4. The van der Waals surface area contributed by atoms with E-state index in [1.165, 1.54) is 23.1 Å². The van der Waals surface area contributed by atoms with Crippen LogP contribution >= 0.6 is 0 Å². The van der Waals surface area contributed by atoms with Crippen molar-refractivity contribution in [2.75, 3.05) is 63.9 Å². The monoisotopic (exact) mass is 1040 g/mol. The Bertz CT molecular complexity index is 2870. The number of amides is 4. The summed E-state index contributed by atoms with van der Waals surface area (Å²) in [7, 11) is 1.79. The van der Waals surface area contributed by atoms with E-state index in [0.29, 0.717) is 40.6 Å². The lowest BCUT2D eigenvalue weighted by Crippen LogP contribution is -2.50. The maximum Gasteiger partial charge on any atom is 0.329 e. The van der Waals surface area contributed by atoms with Gasteiger partial charge in [0, 0.05) is 80.6 Å². The number of carbonyl (C=O) groups is 3. The SMILES string of the molecule is CC1=C(c2c(C(N)=O)ccc(OCCO)c2F)C2=C(OC(CNC3CCC(C(O)N4CCC(CN5CCC(c6cc7c(cc6F)c(N6CCC(=O)NC6=O)nn7C)CC5)CC4)CC3)(c3ccccc3)C2C)C(C)C1F. The number of nitrogens with zero attached hydrogens (tertiary/aromatic N) is 5. The van der Waals surface area contributed by atoms with Crippen molar-refractivity contribution < 1.29 is 47.2 Å². The van der Waals surface area contributed by atoms with Crippen LogP contribution in [-0.4, -0.2) is 125 Å². The van der Waals surface area contributed by atoms with E-state index < -0.39 is 47.6 Å². The minimum Gasteiger partial charge on any atom is -0.488 e. The van der Waals surface area contributed by atoms with Crippen LogP contribution in [0.15, 0.2) is 71.5 Å². The second kappa shape index (κ2) is 21.7. The van der Waals surface area contributed by atoms with Crippen molar-refractivity contribution in [1.29, 1.82) is 0 Å². The number of benzene rings is 3. The van der Waals surface area contributed by atoms with Gasteiger partial charge in [0.05, 0.1) is 17.7 Å². The zero-order chi connectivity index (χ0) is 52.9. The van der Waals surface area contributed by atoms with Crippen molar-refractivity contribution in [3.8, 4) is 5.75 Å². The minimum atomic E-state index is -1.54. The number of urea groups is 1. The summed E-state index contributed by atoms with van der Waals surface area (Å²) in [5, 5.41) is 32.5. The van der Waals surface area contributed by atoms with Gasteiger partial charge in [-0.25, -0.2) is 18.0 Å². The largest absolute Gasteiger partial charge is 0.488 e. The van der Waals surface area contributed by atoms with Gasteiger partial charge in [-0.3, -0.25) is 29.4 Å². The third-order valence-electron chi connectivity index (χ3n) is 17.5. The number of halogens is 3.